The van der Waals surface area contributed by atoms with Gasteiger partial charge in [0.05, 0.1) is 12.3 Å². The van der Waals surface area contributed by atoms with Crippen LogP contribution in [0.2, 0.25) is 0 Å². The summed E-state index contributed by atoms with van der Waals surface area (Å²) in [4.78, 5) is 22.2. The number of likely N-dealkylation sites (N-methyl/N-ethyl adjacent to an activating group) is 1. The smallest absolute Gasteiger partial charge is 0.241 e. The van der Waals surface area contributed by atoms with Crippen molar-refractivity contribution in [2.75, 3.05) is 39.2 Å². The largest absolute Gasteiger partial charge is 0.354 e. The highest BCUT2D eigenvalue weighted by molar-refractivity contribution is 14.0. The number of nitrogens with one attached hydrogen (secondary N) is 2. The Balaban J connectivity index is 0.00000676. The van der Waals surface area contributed by atoms with Crippen LogP contribution in [0.25, 0.3) is 0 Å². The van der Waals surface area contributed by atoms with E-state index in [4.69, 9.17) is 0 Å². The molecule has 0 saturated carbocycles. The molecule has 1 aromatic rings. The Hall–Kier alpha value is -1.43. The molecule has 154 valence electrons. The summed E-state index contributed by atoms with van der Waals surface area (Å²) in [5.74, 6) is 0.512. The van der Waals surface area contributed by atoms with E-state index in [9.17, 15) is 13.2 Å². The highest BCUT2D eigenvalue weighted by atomic mass is 127. The van der Waals surface area contributed by atoms with Gasteiger partial charge in [0.1, 0.15) is 9.84 Å². The summed E-state index contributed by atoms with van der Waals surface area (Å²) in [6, 6.07) is 5.64. The Labute approximate surface area is 179 Å². The Morgan fingerprint density at radius 2 is 2.07 bits per heavy atom. The van der Waals surface area contributed by atoms with Crippen LogP contribution in [0.1, 0.15) is 19.0 Å². The third-order valence-corrected chi connectivity index (χ3v) is 4.77. The van der Waals surface area contributed by atoms with Crippen LogP contribution in [0.4, 0.5) is 0 Å². The summed E-state index contributed by atoms with van der Waals surface area (Å²) in [6.07, 6.45) is 4.11. The summed E-state index contributed by atoms with van der Waals surface area (Å²) in [6.45, 7) is 2.56. The summed E-state index contributed by atoms with van der Waals surface area (Å²) < 4.78 is 22.4. The third-order valence-electron chi connectivity index (χ3n) is 3.79. The lowest BCUT2D eigenvalue weighted by Crippen LogP contribution is -2.46. The molecule has 0 spiro atoms. The standard InChI is InChI=1S/C17H29N5O3S.HI/c1-14(9-12-26(4,24)25)21-17(18-2)20-13-16(23)22(3)11-8-15-7-5-6-10-19-15;/h5-7,10,14H,8-9,11-13H2,1-4H3,(H2,18,20,21);1H. The second-order valence-corrected chi connectivity index (χ2v) is 8.54. The predicted octanol–water partition coefficient (Wildman–Crippen LogP) is 0.689. The van der Waals surface area contributed by atoms with E-state index < -0.39 is 9.84 Å². The van der Waals surface area contributed by atoms with Crippen LogP contribution < -0.4 is 10.6 Å². The van der Waals surface area contributed by atoms with Gasteiger partial charge in [-0.15, -0.1) is 24.0 Å². The van der Waals surface area contributed by atoms with Crippen molar-refractivity contribution in [1.82, 2.24) is 20.5 Å². The van der Waals surface area contributed by atoms with Gasteiger partial charge in [0.2, 0.25) is 5.91 Å². The summed E-state index contributed by atoms with van der Waals surface area (Å²) in [7, 11) is 0.359. The van der Waals surface area contributed by atoms with Crippen LogP contribution in [0.3, 0.4) is 0 Å². The van der Waals surface area contributed by atoms with E-state index in [0.29, 0.717) is 25.3 Å². The fourth-order valence-corrected chi connectivity index (χ4v) is 2.92. The predicted molar refractivity (Wildman–Crippen MR) is 119 cm³/mol. The third kappa shape index (κ3) is 11.8. The number of nitrogens with zero attached hydrogens (tertiary/aromatic N) is 3. The number of amides is 1. The molecule has 10 heteroatoms. The molecule has 0 radical (unpaired) electrons. The van der Waals surface area contributed by atoms with Crippen LogP contribution in [0.15, 0.2) is 29.4 Å². The summed E-state index contributed by atoms with van der Waals surface area (Å²) in [5, 5.41) is 6.04. The van der Waals surface area contributed by atoms with Gasteiger partial charge in [-0.1, -0.05) is 6.07 Å². The van der Waals surface area contributed by atoms with E-state index in [-0.39, 0.29) is 48.2 Å². The first kappa shape index (κ1) is 25.6. The van der Waals surface area contributed by atoms with E-state index in [1.165, 1.54) is 6.26 Å². The summed E-state index contributed by atoms with van der Waals surface area (Å²) in [5.41, 5.74) is 0.942. The minimum atomic E-state index is -2.99. The second-order valence-electron chi connectivity index (χ2n) is 6.28. The molecule has 0 aromatic carbocycles. The van der Waals surface area contributed by atoms with Gasteiger partial charge >= 0.3 is 0 Å². The number of aliphatic imine (C=N–C) groups is 1. The van der Waals surface area contributed by atoms with Crippen LogP contribution >= 0.6 is 24.0 Å². The number of guanidine groups is 1. The lowest BCUT2D eigenvalue weighted by molar-refractivity contribution is -0.128. The number of carbonyl (C=O) groups excluding carboxylic acids is 1. The van der Waals surface area contributed by atoms with Gasteiger partial charge in [-0.25, -0.2) is 8.42 Å². The number of aromatic nitrogens is 1. The molecule has 8 nitrogen and oxygen atoms in total. The molecule has 0 aliphatic heterocycles. The van der Waals surface area contributed by atoms with Crippen molar-refractivity contribution in [2.24, 2.45) is 4.99 Å². The number of rotatable bonds is 9. The fraction of sp³-hybridized carbons (Fsp3) is 0.588. The number of carbonyl (C=O) groups is 1. The molecule has 0 fully saturated rings. The Kier molecular flexibility index (Phi) is 12.2. The zero-order chi connectivity index (χ0) is 19.6. The van der Waals surface area contributed by atoms with Crippen molar-refractivity contribution >= 4 is 45.7 Å². The van der Waals surface area contributed by atoms with E-state index in [0.717, 1.165) is 5.69 Å². The minimum absolute atomic E-state index is 0. The van der Waals surface area contributed by atoms with Crippen molar-refractivity contribution in [1.29, 1.82) is 0 Å². The van der Waals surface area contributed by atoms with Gasteiger partial charge in [-0.3, -0.25) is 14.8 Å². The van der Waals surface area contributed by atoms with Gasteiger partial charge in [0.25, 0.3) is 0 Å². The van der Waals surface area contributed by atoms with Crippen molar-refractivity contribution < 1.29 is 13.2 Å². The van der Waals surface area contributed by atoms with Gasteiger partial charge in [0.15, 0.2) is 5.96 Å². The van der Waals surface area contributed by atoms with Gasteiger partial charge in [-0.05, 0) is 25.5 Å². The zero-order valence-corrected chi connectivity index (χ0v) is 19.5. The maximum atomic E-state index is 12.2. The molecular weight excluding hydrogens is 481 g/mol. The van der Waals surface area contributed by atoms with Crippen molar-refractivity contribution in [3.63, 3.8) is 0 Å². The molecule has 1 aromatic heterocycles. The lowest BCUT2D eigenvalue weighted by atomic mass is 10.2. The average molecular weight is 511 g/mol. The molecule has 1 rings (SSSR count). The number of pyridine rings is 1. The molecule has 1 unspecified atom stereocenters. The second kappa shape index (κ2) is 12.9. The van der Waals surface area contributed by atoms with E-state index in [1.54, 1.807) is 25.2 Å². The molecule has 0 aliphatic rings. The maximum Gasteiger partial charge on any atom is 0.241 e. The zero-order valence-electron chi connectivity index (χ0n) is 16.3. The molecule has 1 heterocycles. The molecule has 27 heavy (non-hydrogen) atoms. The molecule has 1 atom stereocenters. The number of hydrogen-bond donors (Lipinski definition) is 2. The Morgan fingerprint density at radius 3 is 2.63 bits per heavy atom. The topological polar surface area (TPSA) is 104 Å². The number of sulfone groups is 1. The van der Waals surface area contributed by atoms with Gasteiger partial charge in [0, 0.05) is 51.2 Å². The highest BCUT2D eigenvalue weighted by Gasteiger charge is 2.12. The first-order valence-electron chi connectivity index (χ1n) is 8.50. The quantitative estimate of drug-likeness (QED) is 0.287. The molecule has 0 saturated heterocycles. The fourth-order valence-electron chi connectivity index (χ4n) is 2.14. The normalized spacial score (nSPS) is 12.7. The molecule has 1 amide bonds. The van der Waals surface area contributed by atoms with Crippen LogP contribution in [-0.4, -0.2) is 75.4 Å². The maximum absolute atomic E-state index is 12.2. The number of hydrogen-bond acceptors (Lipinski definition) is 5. The average Bonchev–Trinajstić information content (AvgIpc) is 2.61. The van der Waals surface area contributed by atoms with Crippen LogP contribution in [0.5, 0.6) is 0 Å². The first-order chi connectivity index (χ1) is 12.2. The lowest BCUT2D eigenvalue weighted by Gasteiger charge is -2.20. The molecule has 0 bridgehead atoms. The van der Waals surface area contributed by atoms with E-state index >= 15 is 0 Å². The summed E-state index contributed by atoms with van der Waals surface area (Å²) >= 11 is 0. The molecule has 0 aliphatic carbocycles. The molecular formula is C17H30IN5O3S. The number of halogens is 1. The first-order valence-corrected chi connectivity index (χ1v) is 10.6. The van der Waals surface area contributed by atoms with E-state index in [2.05, 4.69) is 20.6 Å². The SMILES string of the molecule is CN=C(NCC(=O)N(C)CCc1ccccn1)NC(C)CCS(C)(=O)=O.I. The van der Waals surface area contributed by atoms with Gasteiger partial charge < -0.3 is 15.5 Å². The van der Waals surface area contributed by atoms with Crippen molar-refractivity contribution in [3.8, 4) is 0 Å². The van der Waals surface area contributed by atoms with Crippen molar-refractivity contribution in [2.45, 2.75) is 25.8 Å². The Bertz CT molecular complexity index is 698. The van der Waals surface area contributed by atoms with E-state index in [1.807, 2.05) is 25.1 Å². The minimum Gasteiger partial charge on any atom is -0.354 e. The Morgan fingerprint density at radius 1 is 1.37 bits per heavy atom. The van der Waals surface area contributed by atoms with Crippen molar-refractivity contribution in [3.05, 3.63) is 30.1 Å². The van der Waals surface area contributed by atoms with Gasteiger partial charge in [-0.2, -0.15) is 0 Å². The molecule has 2 N–H and O–H groups in total. The van der Waals surface area contributed by atoms with Crippen LogP contribution in [-0.2, 0) is 21.1 Å². The monoisotopic (exact) mass is 511 g/mol. The highest BCUT2D eigenvalue weighted by Crippen LogP contribution is 1.97. The van der Waals surface area contributed by atoms with Crippen LogP contribution in [0, 0.1) is 0 Å².